The highest BCUT2D eigenvalue weighted by atomic mass is 19.2. The number of halogens is 2. The molecule has 18 heavy (non-hydrogen) atoms. The third kappa shape index (κ3) is 1.96. The van der Waals surface area contributed by atoms with Gasteiger partial charge in [-0.2, -0.15) is 5.10 Å². The Morgan fingerprint density at radius 3 is 2.39 bits per heavy atom. The van der Waals surface area contributed by atoms with Crippen LogP contribution in [0.3, 0.4) is 0 Å². The number of anilines is 1. The van der Waals surface area contributed by atoms with E-state index >= 15 is 0 Å². The molecule has 0 radical (unpaired) electrons. The molecule has 0 bridgehead atoms. The van der Waals surface area contributed by atoms with Crippen LogP contribution in [0.1, 0.15) is 25.3 Å². The molecule has 3 nitrogen and oxygen atoms in total. The zero-order chi connectivity index (χ0) is 13.4. The zero-order valence-electron chi connectivity index (χ0n) is 10.5. The molecule has 96 valence electrons. The lowest BCUT2D eigenvalue weighted by Crippen LogP contribution is -2.00. The maximum Gasteiger partial charge on any atom is 0.166 e. The van der Waals surface area contributed by atoms with Crippen LogP contribution in [0, 0.1) is 11.6 Å². The van der Waals surface area contributed by atoms with Gasteiger partial charge < -0.3 is 5.73 Å². The molecule has 0 saturated carbocycles. The van der Waals surface area contributed by atoms with Crippen molar-refractivity contribution >= 4 is 5.82 Å². The molecule has 0 spiro atoms. The van der Waals surface area contributed by atoms with Crippen LogP contribution < -0.4 is 5.73 Å². The van der Waals surface area contributed by atoms with E-state index in [0.29, 0.717) is 11.4 Å². The highest BCUT2D eigenvalue weighted by Gasteiger charge is 2.17. The quantitative estimate of drug-likeness (QED) is 0.891. The first-order chi connectivity index (χ1) is 8.41. The molecular formula is C13H15F2N3. The molecule has 0 aliphatic rings. The van der Waals surface area contributed by atoms with E-state index in [1.807, 2.05) is 13.8 Å². The van der Waals surface area contributed by atoms with E-state index in [9.17, 15) is 8.78 Å². The molecule has 0 amide bonds. The Morgan fingerprint density at radius 1 is 1.22 bits per heavy atom. The SMILES string of the molecule is CC(C)c1cc(F)c(F)c(-c2cnn(C)c2N)c1. The molecule has 2 N–H and O–H groups in total. The molecular weight excluding hydrogens is 236 g/mol. The Kier molecular flexibility index (Phi) is 3.07. The number of hydrogen-bond acceptors (Lipinski definition) is 2. The summed E-state index contributed by atoms with van der Waals surface area (Å²) in [6, 6.07) is 2.84. The van der Waals surface area contributed by atoms with Gasteiger partial charge in [0, 0.05) is 18.2 Å². The lowest BCUT2D eigenvalue weighted by molar-refractivity contribution is 0.509. The van der Waals surface area contributed by atoms with Gasteiger partial charge in [0.2, 0.25) is 0 Å². The fourth-order valence-electron chi connectivity index (χ4n) is 1.79. The molecule has 2 aromatic rings. The summed E-state index contributed by atoms with van der Waals surface area (Å²) in [5.41, 5.74) is 7.09. The van der Waals surface area contributed by atoms with Crippen molar-refractivity contribution < 1.29 is 8.78 Å². The van der Waals surface area contributed by atoms with Crippen LogP contribution in [0.4, 0.5) is 14.6 Å². The normalized spacial score (nSPS) is 11.2. The fourth-order valence-corrected chi connectivity index (χ4v) is 1.79. The molecule has 1 heterocycles. The van der Waals surface area contributed by atoms with Gasteiger partial charge in [-0.05, 0) is 23.6 Å². The lowest BCUT2D eigenvalue weighted by atomic mass is 9.97. The number of aryl methyl sites for hydroxylation is 1. The van der Waals surface area contributed by atoms with Crippen LogP contribution in [0.2, 0.25) is 0 Å². The summed E-state index contributed by atoms with van der Waals surface area (Å²) in [6.07, 6.45) is 1.44. The molecule has 2 rings (SSSR count). The van der Waals surface area contributed by atoms with Gasteiger partial charge in [0.1, 0.15) is 5.82 Å². The van der Waals surface area contributed by atoms with E-state index in [-0.39, 0.29) is 11.5 Å². The Labute approximate surface area is 104 Å². The van der Waals surface area contributed by atoms with Crippen molar-refractivity contribution in [3.05, 3.63) is 35.5 Å². The van der Waals surface area contributed by atoms with Gasteiger partial charge in [-0.15, -0.1) is 0 Å². The number of rotatable bonds is 2. The first kappa shape index (κ1) is 12.5. The van der Waals surface area contributed by atoms with Crippen LogP contribution in [-0.2, 0) is 7.05 Å². The van der Waals surface area contributed by atoms with Crippen molar-refractivity contribution in [1.82, 2.24) is 9.78 Å². The number of nitrogens with zero attached hydrogens (tertiary/aromatic N) is 2. The summed E-state index contributed by atoms with van der Waals surface area (Å²) in [5, 5.41) is 3.94. The second-order valence-corrected chi connectivity index (χ2v) is 4.59. The number of benzene rings is 1. The third-order valence-electron chi connectivity index (χ3n) is 2.99. The van der Waals surface area contributed by atoms with Crippen molar-refractivity contribution in [2.24, 2.45) is 7.05 Å². The number of aromatic nitrogens is 2. The Hall–Kier alpha value is -1.91. The van der Waals surface area contributed by atoms with Crippen LogP contribution >= 0.6 is 0 Å². The molecule has 1 aromatic carbocycles. The fraction of sp³-hybridized carbons (Fsp3) is 0.308. The van der Waals surface area contributed by atoms with Crippen LogP contribution in [-0.4, -0.2) is 9.78 Å². The number of nitrogens with two attached hydrogens (primary N) is 1. The molecule has 0 aliphatic heterocycles. The van der Waals surface area contributed by atoms with Gasteiger partial charge in [0.05, 0.1) is 6.20 Å². The number of nitrogen functional groups attached to an aromatic ring is 1. The maximum absolute atomic E-state index is 13.9. The van der Waals surface area contributed by atoms with E-state index in [2.05, 4.69) is 5.10 Å². The molecule has 0 aliphatic carbocycles. The third-order valence-corrected chi connectivity index (χ3v) is 2.99. The molecule has 0 atom stereocenters. The average molecular weight is 251 g/mol. The molecule has 1 aromatic heterocycles. The van der Waals surface area contributed by atoms with E-state index in [1.54, 1.807) is 13.1 Å². The van der Waals surface area contributed by atoms with Crippen molar-refractivity contribution in [2.75, 3.05) is 5.73 Å². The van der Waals surface area contributed by atoms with Crippen molar-refractivity contribution in [3.8, 4) is 11.1 Å². The molecule has 0 saturated heterocycles. The Balaban J connectivity index is 2.67. The monoisotopic (exact) mass is 251 g/mol. The summed E-state index contributed by atoms with van der Waals surface area (Å²) >= 11 is 0. The predicted molar refractivity (Wildman–Crippen MR) is 67.1 cm³/mol. The van der Waals surface area contributed by atoms with E-state index in [4.69, 9.17) is 5.73 Å². The topological polar surface area (TPSA) is 43.8 Å². The minimum atomic E-state index is -0.890. The van der Waals surface area contributed by atoms with Gasteiger partial charge in [-0.25, -0.2) is 8.78 Å². The van der Waals surface area contributed by atoms with Gasteiger partial charge in [-0.3, -0.25) is 4.68 Å². The van der Waals surface area contributed by atoms with E-state index in [0.717, 1.165) is 5.56 Å². The van der Waals surface area contributed by atoms with Crippen molar-refractivity contribution in [1.29, 1.82) is 0 Å². The second kappa shape index (κ2) is 4.40. The molecule has 0 unspecified atom stereocenters. The summed E-state index contributed by atoms with van der Waals surface area (Å²) in [4.78, 5) is 0. The van der Waals surface area contributed by atoms with Crippen LogP contribution in [0.25, 0.3) is 11.1 Å². The summed E-state index contributed by atoms with van der Waals surface area (Å²) in [7, 11) is 1.65. The van der Waals surface area contributed by atoms with Gasteiger partial charge >= 0.3 is 0 Å². The first-order valence-electron chi connectivity index (χ1n) is 5.68. The summed E-state index contributed by atoms with van der Waals surface area (Å²) in [6.45, 7) is 3.84. The second-order valence-electron chi connectivity index (χ2n) is 4.59. The minimum Gasteiger partial charge on any atom is -0.383 e. The average Bonchev–Trinajstić information content (AvgIpc) is 2.63. The Morgan fingerprint density at radius 2 is 1.89 bits per heavy atom. The van der Waals surface area contributed by atoms with Crippen LogP contribution in [0.15, 0.2) is 18.3 Å². The zero-order valence-corrected chi connectivity index (χ0v) is 10.5. The molecule has 5 heteroatoms. The summed E-state index contributed by atoms with van der Waals surface area (Å²) in [5.74, 6) is -1.33. The van der Waals surface area contributed by atoms with Gasteiger partial charge in [-0.1, -0.05) is 13.8 Å². The molecule has 0 fully saturated rings. The first-order valence-corrected chi connectivity index (χ1v) is 5.68. The van der Waals surface area contributed by atoms with Crippen molar-refractivity contribution in [3.63, 3.8) is 0 Å². The lowest BCUT2D eigenvalue weighted by Gasteiger charge is -2.10. The smallest absolute Gasteiger partial charge is 0.166 e. The highest BCUT2D eigenvalue weighted by Crippen LogP contribution is 2.31. The largest absolute Gasteiger partial charge is 0.383 e. The predicted octanol–water partition coefficient (Wildman–Crippen LogP) is 3.07. The van der Waals surface area contributed by atoms with Crippen molar-refractivity contribution in [2.45, 2.75) is 19.8 Å². The Bertz CT molecular complexity index is 588. The standard InChI is InChI=1S/C13H15F2N3/c1-7(2)8-4-9(12(15)11(14)5-8)10-6-17-18(3)13(10)16/h4-7H,16H2,1-3H3. The van der Waals surface area contributed by atoms with Gasteiger partial charge in [0.25, 0.3) is 0 Å². The highest BCUT2D eigenvalue weighted by molar-refractivity contribution is 5.74. The van der Waals surface area contributed by atoms with E-state index < -0.39 is 11.6 Å². The van der Waals surface area contributed by atoms with E-state index in [1.165, 1.54) is 16.9 Å². The number of hydrogen-bond donors (Lipinski definition) is 1. The van der Waals surface area contributed by atoms with Gasteiger partial charge in [0.15, 0.2) is 11.6 Å². The summed E-state index contributed by atoms with van der Waals surface area (Å²) < 4.78 is 28.9. The minimum absolute atomic E-state index is 0.108. The van der Waals surface area contributed by atoms with Crippen LogP contribution in [0.5, 0.6) is 0 Å². The maximum atomic E-state index is 13.9.